The molecule has 0 amide bonds. The molecule has 0 aliphatic carbocycles. The van der Waals surface area contributed by atoms with E-state index in [-0.39, 0.29) is 18.2 Å². The van der Waals surface area contributed by atoms with Gasteiger partial charge in [-0.25, -0.2) is 0 Å². The highest BCUT2D eigenvalue weighted by atomic mass is 19.3. The van der Waals surface area contributed by atoms with Crippen molar-refractivity contribution in [3.8, 4) is 0 Å². The van der Waals surface area contributed by atoms with Gasteiger partial charge < -0.3 is 10.1 Å². The molecule has 100 valence electrons. The van der Waals surface area contributed by atoms with E-state index in [2.05, 4.69) is 5.32 Å². The van der Waals surface area contributed by atoms with Crippen molar-refractivity contribution >= 4 is 0 Å². The summed E-state index contributed by atoms with van der Waals surface area (Å²) in [6.07, 6.45) is 3.20. The van der Waals surface area contributed by atoms with Crippen molar-refractivity contribution < 1.29 is 13.5 Å². The fourth-order valence-electron chi connectivity index (χ4n) is 2.16. The van der Waals surface area contributed by atoms with E-state index >= 15 is 0 Å². The van der Waals surface area contributed by atoms with Crippen LogP contribution < -0.4 is 5.32 Å². The predicted octanol–water partition coefficient (Wildman–Crippen LogP) is 2.94. The van der Waals surface area contributed by atoms with Crippen molar-refractivity contribution in [2.24, 2.45) is 0 Å². The lowest BCUT2D eigenvalue weighted by molar-refractivity contribution is -0.00401. The van der Waals surface area contributed by atoms with Gasteiger partial charge in [0.1, 0.15) is 0 Å². The van der Waals surface area contributed by atoms with Crippen LogP contribution in [0.3, 0.4) is 0 Å². The number of hydrogen-bond donors (Lipinski definition) is 1. The smallest absolute Gasteiger partial charge is 0.285 e. The first kappa shape index (κ1) is 13.4. The van der Waals surface area contributed by atoms with Gasteiger partial charge in [0.2, 0.25) is 0 Å². The maximum absolute atomic E-state index is 13.8. The van der Waals surface area contributed by atoms with Crippen LogP contribution >= 0.6 is 0 Å². The van der Waals surface area contributed by atoms with Gasteiger partial charge in [0.25, 0.3) is 5.92 Å². The molecule has 1 fully saturated rings. The average Bonchev–Trinajstić information content (AvgIpc) is 2.89. The first-order valence-electron chi connectivity index (χ1n) is 6.44. The molecule has 1 aliphatic heterocycles. The zero-order chi connectivity index (χ0) is 12.8. The van der Waals surface area contributed by atoms with Crippen molar-refractivity contribution in [2.45, 2.75) is 31.3 Å². The Labute approximate surface area is 106 Å². The second-order valence-electron chi connectivity index (χ2n) is 4.67. The number of benzene rings is 1. The summed E-state index contributed by atoms with van der Waals surface area (Å²) in [7, 11) is 0. The van der Waals surface area contributed by atoms with Gasteiger partial charge in [-0.3, -0.25) is 0 Å². The largest absolute Gasteiger partial charge is 0.378 e. The second-order valence-corrected chi connectivity index (χ2v) is 4.67. The SMILES string of the molecule is FC(F)(CNCCC1CCCO1)c1ccccc1. The summed E-state index contributed by atoms with van der Waals surface area (Å²) < 4.78 is 33.0. The molecular weight excluding hydrogens is 236 g/mol. The highest BCUT2D eigenvalue weighted by Crippen LogP contribution is 2.26. The van der Waals surface area contributed by atoms with Crippen LogP contribution in [0.2, 0.25) is 0 Å². The molecule has 1 aromatic carbocycles. The lowest BCUT2D eigenvalue weighted by Gasteiger charge is -2.18. The van der Waals surface area contributed by atoms with Crippen LogP contribution in [0, 0.1) is 0 Å². The number of alkyl halides is 2. The lowest BCUT2D eigenvalue weighted by atomic mass is 10.1. The summed E-state index contributed by atoms with van der Waals surface area (Å²) in [6.45, 7) is 1.07. The van der Waals surface area contributed by atoms with Crippen LogP contribution in [-0.4, -0.2) is 25.8 Å². The molecule has 1 heterocycles. The normalized spacial score (nSPS) is 20.2. The molecule has 4 heteroatoms. The van der Waals surface area contributed by atoms with Crippen molar-refractivity contribution in [3.63, 3.8) is 0 Å². The van der Waals surface area contributed by atoms with Crippen LogP contribution in [0.4, 0.5) is 8.78 Å². The lowest BCUT2D eigenvalue weighted by Crippen LogP contribution is -2.32. The third kappa shape index (κ3) is 3.75. The molecule has 1 atom stereocenters. The molecule has 2 rings (SSSR count). The quantitative estimate of drug-likeness (QED) is 0.789. The molecule has 1 aliphatic rings. The zero-order valence-corrected chi connectivity index (χ0v) is 10.4. The van der Waals surface area contributed by atoms with Gasteiger partial charge in [-0.1, -0.05) is 30.3 Å². The standard InChI is InChI=1S/C14H19F2NO/c15-14(16,12-5-2-1-3-6-12)11-17-9-8-13-7-4-10-18-13/h1-3,5-6,13,17H,4,7-11H2. The topological polar surface area (TPSA) is 21.3 Å². The Kier molecular flexibility index (Phi) is 4.66. The Balaban J connectivity index is 1.71. The van der Waals surface area contributed by atoms with Crippen LogP contribution in [0.25, 0.3) is 0 Å². The van der Waals surface area contributed by atoms with E-state index < -0.39 is 5.92 Å². The van der Waals surface area contributed by atoms with E-state index in [9.17, 15) is 8.78 Å². The molecule has 0 aromatic heterocycles. The van der Waals surface area contributed by atoms with Gasteiger partial charge in [0.05, 0.1) is 12.6 Å². The Morgan fingerprint density at radius 2 is 2.06 bits per heavy atom. The van der Waals surface area contributed by atoms with Gasteiger partial charge in [0.15, 0.2) is 0 Å². The molecule has 1 saturated heterocycles. The molecule has 0 radical (unpaired) electrons. The molecule has 0 saturated carbocycles. The molecule has 2 nitrogen and oxygen atoms in total. The third-order valence-electron chi connectivity index (χ3n) is 3.21. The summed E-state index contributed by atoms with van der Waals surface area (Å²) in [6, 6.07) is 7.93. The summed E-state index contributed by atoms with van der Waals surface area (Å²) in [4.78, 5) is 0. The molecule has 18 heavy (non-hydrogen) atoms. The van der Waals surface area contributed by atoms with Gasteiger partial charge in [-0.05, 0) is 25.8 Å². The number of nitrogens with one attached hydrogen (secondary N) is 1. The third-order valence-corrected chi connectivity index (χ3v) is 3.21. The number of halogens is 2. The van der Waals surface area contributed by atoms with Gasteiger partial charge in [-0.15, -0.1) is 0 Å². The fraction of sp³-hybridized carbons (Fsp3) is 0.571. The maximum Gasteiger partial charge on any atom is 0.285 e. The Bertz CT molecular complexity index is 350. The van der Waals surface area contributed by atoms with Gasteiger partial charge >= 0.3 is 0 Å². The van der Waals surface area contributed by atoms with Gasteiger partial charge in [-0.2, -0.15) is 8.78 Å². The zero-order valence-electron chi connectivity index (χ0n) is 10.4. The molecule has 0 spiro atoms. The van der Waals surface area contributed by atoms with Crippen LogP contribution in [-0.2, 0) is 10.7 Å². The van der Waals surface area contributed by atoms with Crippen LogP contribution in [0.5, 0.6) is 0 Å². The minimum atomic E-state index is -2.81. The second kappa shape index (κ2) is 6.25. The number of hydrogen-bond acceptors (Lipinski definition) is 2. The first-order chi connectivity index (χ1) is 8.68. The number of ether oxygens (including phenoxy) is 1. The molecule has 0 bridgehead atoms. The van der Waals surface area contributed by atoms with Crippen molar-refractivity contribution in [2.75, 3.05) is 19.7 Å². The minimum Gasteiger partial charge on any atom is -0.378 e. The monoisotopic (exact) mass is 255 g/mol. The van der Waals surface area contributed by atoms with E-state index in [4.69, 9.17) is 4.74 Å². The van der Waals surface area contributed by atoms with Gasteiger partial charge in [0, 0.05) is 12.2 Å². The summed E-state index contributed by atoms with van der Waals surface area (Å²) >= 11 is 0. The summed E-state index contributed by atoms with van der Waals surface area (Å²) in [5.41, 5.74) is 0.0645. The highest BCUT2D eigenvalue weighted by molar-refractivity contribution is 5.20. The predicted molar refractivity (Wildman–Crippen MR) is 66.8 cm³/mol. The van der Waals surface area contributed by atoms with E-state index in [1.54, 1.807) is 18.2 Å². The average molecular weight is 255 g/mol. The Morgan fingerprint density at radius 3 is 2.72 bits per heavy atom. The van der Waals surface area contributed by atoms with Crippen molar-refractivity contribution in [1.82, 2.24) is 5.32 Å². The number of rotatable bonds is 6. The van der Waals surface area contributed by atoms with Crippen molar-refractivity contribution in [3.05, 3.63) is 35.9 Å². The maximum atomic E-state index is 13.8. The van der Waals surface area contributed by atoms with Crippen LogP contribution in [0.1, 0.15) is 24.8 Å². The summed E-state index contributed by atoms with van der Waals surface area (Å²) in [5.74, 6) is -2.81. The highest BCUT2D eigenvalue weighted by Gasteiger charge is 2.30. The van der Waals surface area contributed by atoms with Crippen LogP contribution in [0.15, 0.2) is 30.3 Å². The molecular formula is C14H19F2NO. The molecule has 1 aromatic rings. The molecule has 1 unspecified atom stereocenters. The summed E-state index contributed by atoms with van der Waals surface area (Å²) in [5, 5.41) is 2.82. The van der Waals surface area contributed by atoms with E-state index in [1.807, 2.05) is 0 Å². The minimum absolute atomic E-state index is 0.0645. The van der Waals surface area contributed by atoms with E-state index in [1.165, 1.54) is 12.1 Å². The fourth-order valence-corrected chi connectivity index (χ4v) is 2.16. The molecule has 1 N–H and O–H groups in total. The Morgan fingerprint density at radius 1 is 1.28 bits per heavy atom. The van der Waals surface area contributed by atoms with E-state index in [0.717, 1.165) is 25.9 Å². The Hall–Kier alpha value is -1.00. The van der Waals surface area contributed by atoms with Crippen molar-refractivity contribution in [1.29, 1.82) is 0 Å². The van der Waals surface area contributed by atoms with E-state index in [0.29, 0.717) is 6.54 Å². The first-order valence-corrected chi connectivity index (χ1v) is 6.44.